The molecule has 0 N–H and O–H groups in total. The van der Waals surface area contributed by atoms with Gasteiger partial charge in [-0.05, 0) is 12.0 Å². The van der Waals surface area contributed by atoms with Gasteiger partial charge >= 0.3 is 0 Å². The predicted molar refractivity (Wildman–Crippen MR) is 58.1 cm³/mol. The van der Waals surface area contributed by atoms with Gasteiger partial charge in [-0.1, -0.05) is 37.0 Å². The summed E-state index contributed by atoms with van der Waals surface area (Å²) >= 11 is 12.8. The van der Waals surface area contributed by atoms with Crippen LogP contribution >= 0.6 is 34.5 Å². The monoisotopic (exact) mass is 236 g/mol. The fourth-order valence-electron chi connectivity index (χ4n) is 1.01. The van der Waals surface area contributed by atoms with Gasteiger partial charge in [-0.15, -0.1) is 11.3 Å². The van der Waals surface area contributed by atoms with Gasteiger partial charge in [0, 0.05) is 12.0 Å². The number of halogens is 2. The van der Waals surface area contributed by atoms with E-state index in [4.69, 9.17) is 23.2 Å². The first-order valence-electron chi connectivity index (χ1n) is 3.98. The van der Waals surface area contributed by atoms with Gasteiger partial charge < -0.3 is 0 Å². The summed E-state index contributed by atoms with van der Waals surface area (Å²) in [5.74, 6) is 0.422. The summed E-state index contributed by atoms with van der Waals surface area (Å²) in [6, 6.07) is 1.64. The lowest BCUT2D eigenvalue weighted by Crippen LogP contribution is -2.02. The Balaban J connectivity index is 2.82. The minimum absolute atomic E-state index is 0.0724. The molecule has 0 aliphatic carbocycles. The summed E-state index contributed by atoms with van der Waals surface area (Å²) in [7, 11) is 0. The van der Waals surface area contributed by atoms with E-state index in [0.717, 1.165) is 0 Å². The highest BCUT2D eigenvalue weighted by molar-refractivity contribution is 7.20. The molecule has 0 unspecified atom stereocenters. The van der Waals surface area contributed by atoms with Crippen molar-refractivity contribution in [3.63, 3.8) is 0 Å². The molecule has 0 radical (unpaired) electrons. The molecule has 0 saturated heterocycles. The van der Waals surface area contributed by atoms with Crippen LogP contribution < -0.4 is 0 Å². The Bertz CT molecular complexity index is 317. The van der Waals surface area contributed by atoms with Crippen LogP contribution in [0.1, 0.15) is 30.6 Å². The Hall–Kier alpha value is -0.0500. The summed E-state index contributed by atoms with van der Waals surface area (Å²) in [6.45, 7) is 4.00. The molecule has 0 amide bonds. The Morgan fingerprint density at radius 3 is 2.54 bits per heavy atom. The Morgan fingerprint density at radius 1 is 1.54 bits per heavy atom. The van der Waals surface area contributed by atoms with Crippen LogP contribution in [0.2, 0.25) is 8.67 Å². The van der Waals surface area contributed by atoms with Crippen LogP contribution in [-0.2, 0) is 0 Å². The van der Waals surface area contributed by atoms with E-state index in [9.17, 15) is 4.79 Å². The standard InChI is InChI=1S/C9H10Cl2OS/c1-5(2)3-7(12)6-4-8(10)13-9(6)11/h4-5H,3H2,1-2H3. The normalized spacial score (nSPS) is 10.8. The number of Topliss-reactive ketones (excluding diaryl/α,β-unsaturated/α-hetero) is 1. The topological polar surface area (TPSA) is 17.1 Å². The third-order valence-electron chi connectivity index (χ3n) is 1.55. The van der Waals surface area contributed by atoms with E-state index in [0.29, 0.717) is 26.6 Å². The number of rotatable bonds is 3. The van der Waals surface area contributed by atoms with Crippen molar-refractivity contribution in [3.8, 4) is 0 Å². The lowest BCUT2D eigenvalue weighted by molar-refractivity contribution is 0.0968. The van der Waals surface area contributed by atoms with Crippen molar-refractivity contribution in [2.24, 2.45) is 5.92 Å². The van der Waals surface area contributed by atoms with E-state index in [1.54, 1.807) is 6.07 Å². The molecule has 1 nitrogen and oxygen atoms in total. The van der Waals surface area contributed by atoms with Crippen LogP contribution in [0.25, 0.3) is 0 Å². The van der Waals surface area contributed by atoms with Crippen LogP contribution in [-0.4, -0.2) is 5.78 Å². The quantitative estimate of drug-likeness (QED) is 0.717. The van der Waals surface area contributed by atoms with E-state index in [-0.39, 0.29) is 5.78 Å². The molecule has 13 heavy (non-hydrogen) atoms. The molecule has 1 aromatic rings. The largest absolute Gasteiger partial charge is 0.294 e. The molecule has 0 aromatic carbocycles. The summed E-state index contributed by atoms with van der Waals surface area (Å²) < 4.78 is 1.06. The smallest absolute Gasteiger partial charge is 0.165 e. The Labute approximate surface area is 91.7 Å². The second-order valence-electron chi connectivity index (χ2n) is 3.26. The van der Waals surface area contributed by atoms with Gasteiger partial charge in [-0.25, -0.2) is 0 Å². The molecule has 0 aliphatic rings. The lowest BCUT2D eigenvalue weighted by Gasteiger charge is -2.01. The maximum Gasteiger partial charge on any atom is 0.165 e. The first-order valence-corrected chi connectivity index (χ1v) is 5.56. The summed E-state index contributed by atoms with van der Waals surface area (Å²) in [5.41, 5.74) is 0.561. The van der Waals surface area contributed by atoms with Crippen molar-refractivity contribution in [3.05, 3.63) is 20.3 Å². The zero-order valence-electron chi connectivity index (χ0n) is 7.43. The zero-order chi connectivity index (χ0) is 10.0. The summed E-state index contributed by atoms with van der Waals surface area (Å²) in [6.07, 6.45) is 0.521. The molecule has 0 bridgehead atoms. The highest BCUT2D eigenvalue weighted by Crippen LogP contribution is 2.32. The van der Waals surface area contributed by atoms with Crippen molar-refractivity contribution in [2.75, 3.05) is 0 Å². The first-order chi connectivity index (χ1) is 6.00. The van der Waals surface area contributed by atoms with Crippen LogP contribution in [0.15, 0.2) is 6.07 Å². The van der Waals surface area contributed by atoms with Gasteiger partial charge in [0.25, 0.3) is 0 Å². The van der Waals surface area contributed by atoms with Crippen molar-refractivity contribution in [1.29, 1.82) is 0 Å². The molecule has 0 fully saturated rings. The second-order valence-corrected chi connectivity index (χ2v) is 5.54. The van der Waals surface area contributed by atoms with E-state index >= 15 is 0 Å². The number of ketones is 1. The van der Waals surface area contributed by atoms with Gasteiger partial charge in [0.1, 0.15) is 4.34 Å². The third kappa shape index (κ3) is 2.97. The van der Waals surface area contributed by atoms with E-state index in [2.05, 4.69) is 0 Å². The van der Waals surface area contributed by atoms with Gasteiger partial charge in [-0.2, -0.15) is 0 Å². The van der Waals surface area contributed by atoms with Gasteiger partial charge in [0.15, 0.2) is 5.78 Å². The van der Waals surface area contributed by atoms with Crippen molar-refractivity contribution in [2.45, 2.75) is 20.3 Å². The fraction of sp³-hybridized carbons (Fsp3) is 0.444. The van der Waals surface area contributed by atoms with Crippen LogP contribution in [0, 0.1) is 5.92 Å². The van der Waals surface area contributed by atoms with Crippen LogP contribution in [0.3, 0.4) is 0 Å². The summed E-state index contributed by atoms with van der Waals surface area (Å²) in [4.78, 5) is 11.6. The number of thiophene rings is 1. The molecule has 0 spiro atoms. The molecule has 1 heterocycles. The van der Waals surface area contributed by atoms with Crippen molar-refractivity contribution < 1.29 is 4.79 Å². The highest BCUT2D eigenvalue weighted by atomic mass is 35.5. The Kier molecular flexibility index (Phi) is 3.77. The van der Waals surface area contributed by atoms with Gasteiger partial charge in [0.2, 0.25) is 0 Å². The van der Waals surface area contributed by atoms with E-state index < -0.39 is 0 Å². The lowest BCUT2D eigenvalue weighted by atomic mass is 10.0. The minimum Gasteiger partial charge on any atom is -0.294 e. The maximum atomic E-state index is 11.6. The third-order valence-corrected chi connectivity index (χ3v) is 3.04. The van der Waals surface area contributed by atoms with Crippen LogP contribution in [0.4, 0.5) is 0 Å². The van der Waals surface area contributed by atoms with Crippen molar-refractivity contribution in [1.82, 2.24) is 0 Å². The molecule has 0 aliphatic heterocycles. The van der Waals surface area contributed by atoms with Gasteiger partial charge in [0.05, 0.1) is 4.34 Å². The SMILES string of the molecule is CC(C)CC(=O)c1cc(Cl)sc1Cl. The zero-order valence-corrected chi connectivity index (χ0v) is 9.76. The van der Waals surface area contributed by atoms with Gasteiger partial charge in [-0.3, -0.25) is 4.79 Å². The number of hydrogen-bond donors (Lipinski definition) is 0. The second kappa shape index (κ2) is 4.45. The molecule has 0 atom stereocenters. The first kappa shape index (κ1) is 11.0. The maximum absolute atomic E-state index is 11.6. The molecule has 1 aromatic heterocycles. The minimum atomic E-state index is 0.0724. The highest BCUT2D eigenvalue weighted by Gasteiger charge is 2.14. The molecule has 1 rings (SSSR count). The average molecular weight is 237 g/mol. The van der Waals surface area contributed by atoms with Crippen LogP contribution in [0.5, 0.6) is 0 Å². The molecule has 72 valence electrons. The summed E-state index contributed by atoms with van der Waals surface area (Å²) in [5, 5.41) is 0. The Morgan fingerprint density at radius 2 is 2.15 bits per heavy atom. The van der Waals surface area contributed by atoms with Crippen molar-refractivity contribution >= 4 is 40.3 Å². The number of carbonyl (C=O) groups is 1. The molecular formula is C9H10Cl2OS. The van der Waals surface area contributed by atoms with E-state index in [1.807, 2.05) is 13.8 Å². The molecular weight excluding hydrogens is 227 g/mol. The number of hydrogen-bond acceptors (Lipinski definition) is 2. The molecule has 4 heteroatoms. The average Bonchev–Trinajstić information content (AvgIpc) is 2.28. The molecule has 0 saturated carbocycles. The fourth-order valence-corrected chi connectivity index (χ4v) is 2.51. The van der Waals surface area contributed by atoms with E-state index in [1.165, 1.54) is 11.3 Å². The predicted octanol–water partition coefficient (Wildman–Crippen LogP) is 4.28. The number of carbonyl (C=O) groups excluding carboxylic acids is 1.